The first-order chi connectivity index (χ1) is 21.4. The number of benzene rings is 2. The van der Waals surface area contributed by atoms with E-state index in [2.05, 4.69) is 20.4 Å². The molecule has 3 N–H and O–H groups in total. The van der Waals surface area contributed by atoms with Crippen LogP contribution in [0, 0.1) is 5.82 Å². The number of rotatable bonds is 12. The highest BCUT2D eigenvalue weighted by Gasteiger charge is 2.25. The van der Waals surface area contributed by atoms with E-state index < -0.39 is 23.8 Å². The number of nitrogens with zero attached hydrogens (tertiary/aromatic N) is 4. The summed E-state index contributed by atoms with van der Waals surface area (Å²) in [4.78, 5) is 33.5. The van der Waals surface area contributed by atoms with Crippen molar-refractivity contribution in [3.63, 3.8) is 0 Å². The molecule has 1 saturated heterocycles. The number of carbonyl (C=O) groups is 2. The molecule has 1 fully saturated rings. The molecule has 0 aliphatic carbocycles. The summed E-state index contributed by atoms with van der Waals surface area (Å²) in [5.41, 5.74) is 7.47. The lowest BCUT2D eigenvalue weighted by Crippen LogP contribution is -2.48. The summed E-state index contributed by atoms with van der Waals surface area (Å²) >= 11 is 0. The highest BCUT2D eigenvalue weighted by molar-refractivity contribution is 5.95. The van der Waals surface area contributed by atoms with Gasteiger partial charge in [-0.15, -0.1) is 0 Å². The molecule has 1 aliphatic heterocycles. The Labute approximate surface area is 255 Å². The zero-order valence-electron chi connectivity index (χ0n) is 24.7. The molecule has 1 aliphatic rings. The van der Waals surface area contributed by atoms with E-state index in [1.165, 1.54) is 12.3 Å². The zero-order valence-corrected chi connectivity index (χ0v) is 24.7. The number of furan rings is 1. The third kappa shape index (κ3) is 8.08. The summed E-state index contributed by atoms with van der Waals surface area (Å²) in [7, 11) is 0. The number of halogens is 1. The third-order valence-corrected chi connectivity index (χ3v) is 7.49. The van der Waals surface area contributed by atoms with E-state index in [1.54, 1.807) is 36.1 Å². The first-order valence-corrected chi connectivity index (χ1v) is 14.8. The predicted molar refractivity (Wildman–Crippen MR) is 160 cm³/mol. The van der Waals surface area contributed by atoms with Crippen molar-refractivity contribution in [2.75, 3.05) is 39.3 Å². The lowest BCUT2D eigenvalue weighted by Gasteiger charge is -2.25. The molecular weight excluding hydrogens is 567 g/mol. The Morgan fingerprint density at radius 3 is 2.70 bits per heavy atom. The van der Waals surface area contributed by atoms with Crippen LogP contribution in [0.4, 0.5) is 4.39 Å². The molecule has 0 bridgehead atoms. The summed E-state index contributed by atoms with van der Waals surface area (Å²) in [6, 6.07) is 16.3. The van der Waals surface area contributed by atoms with Crippen LogP contribution in [0.1, 0.15) is 47.8 Å². The normalized spacial score (nSPS) is 15.4. The fraction of sp³-hybridized carbons (Fsp3) is 0.375. The SMILES string of the molecule is C[C@H](NC(=O)c1ccco1)C(=O)N1CCCN(CCCOc2ccc(-c3noc([C@@H](N)Cc4ccccc4)n3)c(F)c2)CC1. The Morgan fingerprint density at radius 1 is 1.09 bits per heavy atom. The Morgan fingerprint density at radius 2 is 1.93 bits per heavy atom. The average molecular weight is 605 g/mol. The largest absolute Gasteiger partial charge is 0.493 e. The van der Waals surface area contributed by atoms with E-state index in [0.717, 1.165) is 38.0 Å². The standard InChI is InChI=1S/C32H37FN6O5/c1-22(35-30(40)28-10-5-18-43-28)32(41)39-15-6-13-38(16-17-39)14-7-19-42-24-11-12-25(26(33)21-24)29-36-31(44-37-29)27(34)20-23-8-3-2-4-9-23/h2-5,8-12,18,21-22,27H,6-7,13-17,19-20,34H2,1H3,(H,35,40)/t22-,27-/m0/s1. The molecule has 0 spiro atoms. The van der Waals surface area contributed by atoms with Crippen molar-refractivity contribution in [2.24, 2.45) is 5.73 Å². The van der Waals surface area contributed by atoms with Gasteiger partial charge in [0.2, 0.25) is 17.6 Å². The molecule has 0 saturated carbocycles. The minimum absolute atomic E-state index is 0.118. The molecular formula is C32H37FN6O5. The summed E-state index contributed by atoms with van der Waals surface area (Å²) in [6.07, 6.45) is 3.51. The van der Waals surface area contributed by atoms with E-state index in [1.807, 2.05) is 30.3 Å². The van der Waals surface area contributed by atoms with Gasteiger partial charge in [0, 0.05) is 32.2 Å². The maximum absolute atomic E-state index is 14.9. The number of nitrogens with one attached hydrogen (secondary N) is 1. The van der Waals surface area contributed by atoms with Crippen LogP contribution >= 0.6 is 0 Å². The fourth-order valence-corrected chi connectivity index (χ4v) is 5.12. The minimum Gasteiger partial charge on any atom is -0.493 e. The van der Waals surface area contributed by atoms with Crippen LogP contribution in [0.5, 0.6) is 5.75 Å². The molecule has 2 aromatic carbocycles. The number of aromatic nitrogens is 2. The Balaban J connectivity index is 1.04. The van der Waals surface area contributed by atoms with Crippen LogP contribution in [-0.4, -0.2) is 77.1 Å². The molecule has 11 nitrogen and oxygen atoms in total. The second-order valence-corrected chi connectivity index (χ2v) is 10.8. The molecule has 0 radical (unpaired) electrons. The highest BCUT2D eigenvalue weighted by Crippen LogP contribution is 2.26. The lowest BCUT2D eigenvalue weighted by atomic mass is 10.1. The molecule has 232 valence electrons. The molecule has 44 heavy (non-hydrogen) atoms. The Bertz CT molecular complexity index is 1510. The van der Waals surface area contributed by atoms with Crippen molar-refractivity contribution in [3.05, 3.63) is 90.0 Å². The number of hydrogen-bond acceptors (Lipinski definition) is 9. The minimum atomic E-state index is -0.654. The maximum Gasteiger partial charge on any atom is 0.287 e. The van der Waals surface area contributed by atoms with E-state index in [-0.39, 0.29) is 28.9 Å². The second kappa shape index (κ2) is 14.8. The van der Waals surface area contributed by atoms with E-state index >= 15 is 0 Å². The second-order valence-electron chi connectivity index (χ2n) is 10.8. The Hall–Kier alpha value is -4.55. The molecule has 5 rings (SSSR count). The number of nitrogens with two attached hydrogens (primary N) is 1. The molecule has 4 aromatic rings. The van der Waals surface area contributed by atoms with Crippen molar-refractivity contribution in [1.29, 1.82) is 0 Å². The van der Waals surface area contributed by atoms with Gasteiger partial charge < -0.3 is 34.5 Å². The summed E-state index contributed by atoms with van der Waals surface area (Å²) in [5.74, 6) is -0.0787. The first kappa shape index (κ1) is 30.9. The number of amides is 2. The molecule has 3 heterocycles. The first-order valence-electron chi connectivity index (χ1n) is 14.8. The van der Waals surface area contributed by atoms with Gasteiger partial charge in [-0.1, -0.05) is 35.5 Å². The van der Waals surface area contributed by atoms with Gasteiger partial charge in [0.25, 0.3) is 5.91 Å². The molecule has 0 unspecified atom stereocenters. The predicted octanol–water partition coefficient (Wildman–Crippen LogP) is 3.83. The van der Waals surface area contributed by atoms with Gasteiger partial charge >= 0.3 is 0 Å². The Kier molecular flexibility index (Phi) is 10.4. The summed E-state index contributed by atoms with van der Waals surface area (Å²) in [5, 5.41) is 6.63. The van der Waals surface area contributed by atoms with Gasteiger partial charge in [-0.25, -0.2) is 4.39 Å². The van der Waals surface area contributed by atoms with Gasteiger partial charge in [0.15, 0.2) is 5.76 Å². The van der Waals surface area contributed by atoms with Crippen molar-refractivity contribution >= 4 is 11.8 Å². The van der Waals surface area contributed by atoms with E-state index in [9.17, 15) is 14.0 Å². The fourth-order valence-electron chi connectivity index (χ4n) is 5.12. The van der Waals surface area contributed by atoms with Gasteiger partial charge in [0.05, 0.1) is 24.5 Å². The van der Waals surface area contributed by atoms with Crippen molar-refractivity contribution in [1.82, 2.24) is 25.3 Å². The molecule has 2 atom stereocenters. The average Bonchev–Trinajstić information content (AvgIpc) is 3.69. The van der Waals surface area contributed by atoms with Crippen molar-refractivity contribution in [2.45, 2.75) is 38.3 Å². The van der Waals surface area contributed by atoms with Gasteiger partial charge in [-0.05, 0) is 62.6 Å². The topological polar surface area (TPSA) is 140 Å². The lowest BCUT2D eigenvalue weighted by molar-refractivity contribution is -0.132. The van der Waals surface area contributed by atoms with Crippen LogP contribution in [-0.2, 0) is 11.2 Å². The smallest absolute Gasteiger partial charge is 0.287 e. The van der Waals surface area contributed by atoms with Crippen LogP contribution in [0.15, 0.2) is 75.9 Å². The van der Waals surface area contributed by atoms with Gasteiger partial charge in [-0.3, -0.25) is 9.59 Å². The van der Waals surface area contributed by atoms with Gasteiger partial charge in [-0.2, -0.15) is 4.98 Å². The number of carbonyl (C=O) groups excluding carboxylic acids is 2. The third-order valence-electron chi connectivity index (χ3n) is 7.49. The van der Waals surface area contributed by atoms with Gasteiger partial charge in [0.1, 0.15) is 17.6 Å². The van der Waals surface area contributed by atoms with E-state index in [0.29, 0.717) is 31.9 Å². The monoisotopic (exact) mass is 604 g/mol. The summed E-state index contributed by atoms with van der Waals surface area (Å²) in [6.45, 7) is 5.64. The highest BCUT2D eigenvalue weighted by atomic mass is 19.1. The maximum atomic E-state index is 14.9. The zero-order chi connectivity index (χ0) is 30.9. The molecule has 2 amide bonds. The van der Waals surface area contributed by atoms with Crippen molar-refractivity contribution < 1.29 is 27.7 Å². The molecule has 2 aromatic heterocycles. The van der Waals surface area contributed by atoms with Crippen molar-refractivity contribution in [3.8, 4) is 17.1 Å². The van der Waals surface area contributed by atoms with Crippen LogP contribution in [0.2, 0.25) is 0 Å². The number of hydrogen-bond donors (Lipinski definition) is 2. The van der Waals surface area contributed by atoms with Crippen LogP contribution in [0.3, 0.4) is 0 Å². The summed E-state index contributed by atoms with van der Waals surface area (Å²) < 4.78 is 31.2. The number of ether oxygens (including phenoxy) is 1. The van der Waals surface area contributed by atoms with E-state index in [4.69, 9.17) is 19.4 Å². The van der Waals surface area contributed by atoms with Crippen LogP contribution < -0.4 is 15.8 Å². The quantitative estimate of drug-likeness (QED) is 0.231. The molecule has 12 heteroatoms. The van der Waals surface area contributed by atoms with Crippen LogP contribution in [0.25, 0.3) is 11.4 Å².